The van der Waals surface area contributed by atoms with Crippen molar-refractivity contribution in [3.05, 3.63) is 11.6 Å². The van der Waals surface area contributed by atoms with E-state index in [9.17, 15) is 9.59 Å². The molecule has 3 N–H and O–H groups in total. The number of aldehydes is 1. The fraction of sp³-hybridized carbons (Fsp3) is 0.333. The van der Waals surface area contributed by atoms with Gasteiger partial charge in [0.05, 0.1) is 12.2 Å². The van der Waals surface area contributed by atoms with Crippen molar-refractivity contribution in [2.75, 3.05) is 12.5 Å². The quantitative estimate of drug-likeness (QED) is 0.150. The molecule has 0 unspecified atom stereocenters. The first-order valence-electron chi connectivity index (χ1n) is 2.95. The van der Waals surface area contributed by atoms with E-state index < -0.39 is 5.91 Å². The largest absolute Gasteiger partial charge is 0.340 e. The maximum absolute atomic E-state index is 10.8. The molecule has 0 aliphatic carbocycles. The lowest BCUT2D eigenvalue weighted by molar-refractivity contribution is -0.119. The van der Waals surface area contributed by atoms with Crippen LogP contribution in [0.5, 0.6) is 0 Å². The van der Waals surface area contributed by atoms with Gasteiger partial charge in [-0.15, -0.1) is 11.6 Å². The van der Waals surface area contributed by atoms with Gasteiger partial charge in [0.25, 0.3) is 5.91 Å². The lowest BCUT2D eigenvalue weighted by Gasteiger charge is -1.98. The Kier molecular flexibility index (Phi) is 5.42. The maximum Gasteiger partial charge on any atom is 0.255 e. The van der Waals surface area contributed by atoms with Gasteiger partial charge in [-0.05, 0) is 0 Å². The van der Waals surface area contributed by atoms with E-state index >= 15 is 0 Å². The zero-order chi connectivity index (χ0) is 8.69. The molecular formula is C6H9ClN2O2. The van der Waals surface area contributed by atoms with Crippen molar-refractivity contribution in [1.29, 1.82) is 0 Å². The first-order chi connectivity index (χ1) is 5.26. The zero-order valence-electron chi connectivity index (χ0n) is 5.84. The average molecular weight is 177 g/mol. The Bertz CT molecular complexity index is 179. The minimum atomic E-state index is -0.497. The van der Waals surface area contributed by atoms with Gasteiger partial charge >= 0.3 is 0 Å². The van der Waals surface area contributed by atoms with E-state index in [0.717, 1.165) is 0 Å². The summed E-state index contributed by atoms with van der Waals surface area (Å²) in [7, 11) is 0. The Morgan fingerprint density at radius 1 is 1.64 bits per heavy atom. The van der Waals surface area contributed by atoms with Crippen molar-refractivity contribution < 1.29 is 9.59 Å². The maximum atomic E-state index is 10.8. The molecule has 0 radical (unpaired) electrons. The smallest absolute Gasteiger partial charge is 0.255 e. The number of hydrogen-bond acceptors (Lipinski definition) is 3. The van der Waals surface area contributed by atoms with Crippen LogP contribution in [-0.2, 0) is 9.59 Å². The molecule has 0 atom stereocenters. The highest BCUT2D eigenvalue weighted by atomic mass is 35.5. The number of nitrogens with two attached hydrogens (primary N) is 1. The third kappa shape index (κ3) is 3.75. The van der Waals surface area contributed by atoms with Crippen LogP contribution >= 0.6 is 11.6 Å². The summed E-state index contributed by atoms with van der Waals surface area (Å²) in [6, 6.07) is 0. The molecule has 0 aromatic rings. The fourth-order valence-electron chi connectivity index (χ4n) is 0.472. The van der Waals surface area contributed by atoms with Crippen LogP contribution in [0.3, 0.4) is 0 Å². The van der Waals surface area contributed by atoms with Gasteiger partial charge in [-0.3, -0.25) is 9.59 Å². The third-order valence-electron chi connectivity index (χ3n) is 0.949. The number of allylic oxidation sites excluding steroid dienone is 1. The van der Waals surface area contributed by atoms with Crippen molar-refractivity contribution in [2.24, 2.45) is 5.73 Å². The molecule has 0 bridgehead atoms. The normalized spacial score (nSPS) is 10.9. The second kappa shape index (κ2) is 5.88. The first kappa shape index (κ1) is 10.1. The van der Waals surface area contributed by atoms with E-state index in [4.69, 9.17) is 17.3 Å². The molecular weight excluding hydrogens is 168 g/mol. The van der Waals surface area contributed by atoms with E-state index in [-0.39, 0.29) is 18.1 Å². The second-order valence-electron chi connectivity index (χ2n) is 1.64. The Hall–Kier alpha value is -0.870. The summed E-state index contributed by atoms with van der Waals surface area (Å²) < 4.78 is 0. The van der Waals surface area contributed by atoms with Crippen LogP contribution in [0.15, 0.2) is 11.6 Å². The minimum absolute atomic E-state index is 0.00505. The standard InChI is InChI=1S/C6H9ClN2O2/c7-2-1-5(3-10)6(11)9-4-8/h1,3H,2,4,8H2,(H,9,11)/b5-1-. The van der Waals surface area contributed by atoms with Gasteiger partial charge in [0.1, 0.15) is 0 Å². The number of carbonyl (C=O) groups is 2. The van der Waals surface area contributed by atoms with Crippen LogP contribution in [0.1, 0.15) is 0 Å². The highest BCUT2D eigenvalue weighted by Crippen LogP contribution is 1.90. The first-order valence-corrected chi connectivity index (χ1v) is 3.49. The molecule has 0 aromatic carbocycles. The number of nitrogens with one attached hydrogen (secondary N) is 1. The molecule has 0 rings (SSSR count). The van der Waals surface area contributed by atoms with Crippen molar-refractivity contribution in [2.45, 2.75) is 0 Å². The summed E-state index contributed by atoms with van der Waals surface area (Å²) in [5.41, 5.74) is 5.02. The molecule has 62 valence electrons. The lowest BCUT2D eigenvalue weighted by atomic mass is 10.3. The van der Waals surface area contributed by atoms with Gasteiger partial charge in [-0.1, -0.05) is 6.08 Å². The Morgan fingerprint density at radius 3 is 2.64 bits per heavy atom. The Balaban J connectivity index is 4.14. The van der Waals surface area contributed by atoms with Crippen molar-refractivity contribution in [3.63, 3.8) is 0 Å². The molecule has 0 spiro atoms. The van der Waals surface area contributed by atoms with Gasteiger partial charge < -0.3 is 11.1 Å². The minimum Gasteiger partial charge on any atom is -0.340 e. The summed E-state index contributed by atoms with van der Waals surface area (Å²) in [4.78, 5) is 21.0. The van der Waals surface area contributed by atoms with Gasteiger partial charge in [0.2, 0.25) is 0 Å². The molecule has 0 aromatic heterocycles. The summed E-state index contributed by atoms with van der Waals surface area (Å²) in [5.74, 6) is -0.366. The molecule has 5 heteroatoms. The molecule has 0 saturated carbocycles. The van der Waals surface area contributed by atoms with Crippen molar-refractivity contribution >= 4 is 23.8 Å². The number of alkyl halides is 1. The topological polar surface area (TPSA) is 72.2 Å². The number of hydrogen-bond donors (Lipinski definition) is 2. The SMILES string of the molecule is NCNC(=O)/C(C=O)=C\CCl. The third-order valence-corrected chi connectivity index (χ3v) is 1.10. The predicted molar refractivity (Wildman–Crippen MR) is 42.1 cm³/mol. The van der Waals surface area contributed by atoms with Crippen LogP contribution in [-0.4, -0.2) is 24.7 Å². The van der Waals surface area contributed by atoms with Gasteiger partial charge in [0.15, 0.2) is 6.29 Å². The van der Waals surface area contributed by atoms with Crippen LogP contribution < -0.4 is 11.1 Å². The second-order valence-corrected chi connectivity index (χ2v) is 1.95. The molecule has 4 nitrogen and oxygen atoms in total. The predicted octanol–water partition coefficient (Wildman–Crippen LogP) is -0.617. The lowest BCUT2D eigenvalue weighted by Crippen LogP contribution is -2.31. The summed E-state index contributed by atoms with van der Waals surface area (Å²) in [6.07, 6.45) is 1.76. The van der Waals surface area contributed by atoms with E-state index in [1.807, 2.05) is 0 Å². The monoisotopic (exact) mass is 176 g/mol. The molecule has 11 heavy (non-hydrogen) atoms. The van der Waals surface area contributed by atoms with Crippen LogP contribution in [0.4, 0.5) is 0 Å². The summed E-state index contributed by atoms with van der Waals surface area (Å²) in [5, 5.41) is 2.26. The molecule has 1 amide bonds. The van der Waals surface area contributed by atoms with E-state index in [1.165, 1.54) is 6.08 Å². The summed E-state index contributed by atoms with van der Waals surface area (Å²) in [6.45, 7) is 0.00625. The summed E-state index contributed by atoms with van der Waals surface area (Å²) >= 11 is 5.27. The zero-order valence-corrected chi connectivity index (χ0v) is 6.60. The number of carbonyl (C=O) groups excluding carboxylic acids is 2. The van der Waals surface area contributed by atoms with Gasteiger partial charge in [-0.2, -0.15) is 0 Å². The van der Waals surface area contributed by atoms with Crippen molar-refractivity contribution in [3.8, 4) is 0 Å². The fourth-order valence-corrected chi connectivity index (χ4v) is 0.638. The van der Waals surface area contributed by atoms with E-state index in [1.54, 1.807) is 0 Å². The molecule has 0 aliphatic rings. The Morgan fingerprint density at radius 2 is 2.27 bits per heavy atom. The van der Waals surface area contributed by atoms with E-state index in [2.05, 4.69) is 5.32 Å². The van der Waals surface area contributed by atoms with Crippen molar-refractivity contribution in [1.82, 2.24) is 5.32 Å². The number of rotatable bonds is 4. The molecule has 0 saturated heterocycles. The number of amides is 1. The highest BCUT2D eigenvalue weighted by molar-refractivity contribution is 6.20. The van der Waals surface area contributed by atoms with Crippen LogP contribution in [0, 0.1) is 0 Å². The van der Waals surface area contributed by atoms with Crippen LogP contribution in [0.2, 0.25) is 0 Å². The molecule has 0 fully saturated rings. The number of halogens is 1. The van der Waals surface area contributed by atoms with Gasteiger partial charge in [-0.25, -0.2) is 0 Å². The Labute approximate surface area is 69.4 Å². The highest BCUT2D eigenvalue weighted by Gasteiger charge is 2.04. The van der Waals surface area contributed by atoms with Gasteiger partial charge in [0, 0.05) is 5.88 Å². The van der Waals surface area contributed by atoms with Crippen LogP contribution in [0.25, 0.3) is 0 Å². The molecule has 0 heterocycles. The average Bonchev–Trinajstić information content (AvgIpc) is 2.00. The van der Waals surface area contributed by atoms with E-state index in [0.29, 0.717) is 6.29 Å². The molecule has 0 aliphatic heterocycles.